The summed E-state index contributed by atoms with van der Waals surface area (Å²) in [5.74, 6) is -0.103. The lowest BCUT2D eigenvalue weighted by Gasteiger charge is -2.08. The van der Waals surface area contributed by atoms with Gasteiger partial charge in [0.05, 0.1) is 47.6 Å². The van der Waals surface area contributed by atoms with E-state index in [1.54, 1.807) is 10.9 Å². The molecule has 9 aromatic rings. The molecule has 0 atom stereocenters. The molecule has 0 saturated carbocycles. The zero-order valence-corrected chi connectivity index (χ0v) is 28.2. The van der Waals surface area contributed by atoms with Gasteiger partial charge in [-0.3, -0.25) is 15.0 Å². The van der Waals surface area contributed by atoms with Crippen LogP contribution in [0.15, 0.2) is 146 Å². The average Bonchev–Trinajstić information content (AvgIpc) is 4.03. The molecule has 0 radical (unpaired) electrons. The molecule has 4 heterocycles. The topological polar surface area (TPSA) is 136 Å². The number of nitrogens with one attached hydrogen (secondary N) is 2. The van der Waals surface area contributed by atoms with Gasteiger partial charge in [-0.25, -0.2) is 9.36 Å². The van der Waals surface area contributed by atoms with Gasteiger partial charge in [0.25, 0.3) is 0 Å². The second-order valence-electron chi connectivity index (χ2n) is 12.4. The Morgan fingerprint density at radius 1 is 0.635 bits per heavy atom. The lowest BCUT2D eigenvalue weighted by atomic mass is 10.0. The summed E-state index contributed by atoms with van der Waals surface area (Å²) >= 11 is 0. The molecule has 11 heteroatoms. The molecule has 0 unspecified atom stereocenters. The van der Waals surface area contributed by atoms with Crippen LogP contribution in [0.4, 0.5) is 0 Å². The minimum absolute atomic E-state index is 0.103. The van der Waals surface area contributed by atoms with E-state index in [4.69, 9.17) is 0 Å². The molecule has 0 saturated heterocycles. The minimum Gasteiger partial charge on any atom is -0.287 e. The van der Waals surface area contributed by atoms with E-state index in [0.29, 0.717) is 23.5 Å². The average molecular weight is 683 g/mol. The molecule has 11 nitrogen and oxygen atoms in total. The number of H-pyrrole nitrogens is 2. The molecule has 0 aliphatic carbocycles. The molecule has 0 amide bonds. The van der Waals surface area contributed by atoms with Crippen molar-refractivity contribution in [2.24, 2.45) is 0 Å². The first-order valence-electron chi connectivity index (χ1n) is 17.1. The number of aromatic nitrogens is 10. The number of fused-ring (bicyclic) bond motifs is 2. The van der Waals surface area contributed by atoms with Crippen LogP contribution >= 0.6 is 0 Å². The molecule has 0 aliphatic heterocycles. The fourth-order valence-electron chi connectivity index (χ4n) is 6.15. The maximum absolute atomic E-state index is 13.4. The van der Waals surface area contributed by atoms with Gasteiger partial charge in [-0.2, -0.15) is 10.2 Å². The summed E-state index contributed by atoms with van der Waals surface area (Å²) in [7, 11) is 0. The molecule has 254 valence electrons. The van der Waals surface area contributed by atoms with Crippen LogP contribution in [0.25, 0.3) is 38.8 Å². The fourth-order valence-corrected chi connectivity index (χ4v) is 6.15. The van der Waals surface area contributed by atoms with Crippen LogP contribution in [0.3, 0.4) is 0 Å². The Hall–Kier alpha value is -7.01. The number of aryl methyl sites for hydroxylation is 2. The van der Waals surface area contributed by atoms with Crippen LogP contribution in [-0.4, -0.2) is 56.2 Å². The third kappa shape index (κ3) is 7.15. The second-order valence-corrected chi connectivity index (χ2v) is 12.4. The summed E-state index contributed by atoms with van der Waals surface area (Å²) in [6.45, 7) is 0.468. The van der Waals surface area contributed by atoms with Gasteiger partial charge in [-0.1, -0.05) is 107 Å². The maximum atomic E-state index is 13.4. The van der Waals surface area contributed by atoms with Crippen LogP contribution in [0.5, 0.6) is 0 Å². The van der Waals surface area contributed by atoms with E-state index in [2.05, 4.69) is 71.4 Å². The zero-order valence-electron chi connectivity index (χ0n) is 28.2. The van der Waals surface area contributed by atoms with Gasteiger partial charge in [0.2, 0.25) is 5.78 Å². The molecule has 4 aromatic heterocycles. The van der Waals surface area contributed by atoms with Crippen LogP contribution < -0.4 is 0 Å². The molecule has 0 bridgehead atoms. The smallest absolute Gasteiger partial charge is 0.213 e. The molecule has 0 spiro atoms. The molecule has 52 heavy (non-hydrogen) atoms. The highest BCUT2D eigenvalue weighted by Gasteiger charge is 2.23. The van der Waals surface area contributed by atoms with Gasteiger partial charge in [0, 0.05) is 21.9 Å². The van der Waals surface area contributed by atoms with Crippen molar-refractivity contribution in [2.75, 3.05) is 0 Å². The number of hydrogen-bond acceptors (Lipinski definition) is 7. The largest absolute Gasteiger partial charge is 0.287 e. The van der Waals surface area contributed by atoms with E-state index in [0.717, 1.165) is 63.6 Å². The van der Waals surface area contributed by atoms with Crippen LogP contribution in [0, 0.1) is 0 Å². The Kier molecular flexibility index (Phi) is 9.20. The highest BCUT2D eigenvalue weighted by molar-refractivity contribution is 6.11. The van der Waals surface area contributed by atoms with Crippen LogP contribution in [0.2, 0.25) is 0 Å². The first-order chi connectivity index (χ1) is 25.7. The third-order valence-corrected chi connectivity index (χ3v) is 8.85. The Morgan fingerprint density at radius 3 is 2.02 bits per heavy atom. The normalized spacial score (nSPS) is 11.1. The van der Waals surface area contributed by atoms with Crippen molar-refractivity contribution < 1.29 is 4.79 Å². The van der Waals surface area contributed by atoms with E-state index in [1.165, 1.54) is 5.56 Å². The second kappa shape index (κ2) is 14.9. The summed E-state index contributed by atoms with van der Waals surface area (Å²) in [5.41, 5.74) is 8.88. The molecular formula is C41H34N10O. The number of carbonyl (C=O) groups is 1. The highest BCUT2D eigenvalue weighted by atomic mass is 16.1. The number of hydrogen-bond donors (Lipinski definition) is 2. The number of aromatic amines is 2. The summed E-state index contributed by atoms with van der Waals surface area (Å²) in [6, 6.07) is 41.6. The maximum Gasteiger partial charge on any atom is 0.213 e. The number of carbonyl (C=O) groups excluding carboxylic acids is 1. The first-order valence-corrected chi connectivity index (χ1v) is 17.1. The van der Waals surface area contributed by atoms with Gasteiger partial charge in [-0.05, 0) is 60.7 Å². The number of ketones is 1. The predicted octanol–water partition coefficient (Wildman–Crippen LogP) is 7.42. The Bertz CT molecular complexity index is 2550. The van der Waals surface area contributed by atoms with Crippen molar-refractivity contribution in [3.63, 3.8) is 0 Å². The monoisotopic (exact) mass is 682 g/mol. The lowest BCUT2D eigenvalue weighted by molar-refractivity contribution is 0.103. The van der Waals surface area contributed by atoms with Crippen LogP contribution in [0.1, 0.15) is 39.3 Å². The van der Waals surface area contributed by atoms with Gasteiger partial charge in [0.1, 0.15) is 11.4 Å². The lowest BCUT2D eigenvalue weighted by Crippen LogP contribution is -2.13. The molecule has 0 fully saturated rings. The van der Waals surface area contributed by atoms with Crippen molar-refractivity contribution in [3.05, 3.63) is 174 Å². The van der Waals surface area contributed by atoms with Crippen molar-refractivity contribution in [2.45, 2.75) is 25.8 Å². The minimum atomic E-state index is -0.103. The Morgan fingerprint density at radius 2 is 1.29 bits per heavy atom. The Labute approximate surface area is 299 Å². The van der Waals surface area contributed by atoms with Crippen molar-refractivity contribution in [1.82, 2.24) is 50.4 Å². The summed E-state index contributed by atoms with van der Waals surface area (Å²) in [5, 5.41) is 33.3. The number of rotatable bonds is 10. The van der Waals surface area contributed by atoms with E-state index < -0.39 is 0 Å². The standard InChI is InChI=1S/C23H17N5O.C18H17N5/c29-23(17-9-5-2-6-10-17)22-21(18-11-12-20-19(13-18)14-24-25-20)26-27-28(22)15-16-7-3-1-4-8-16;1-2-5-14(6-3-1)7-4-8-16-13-23(22-20-16)17-9-10-18-15(11-17)12-19-21-18/h1-14H,15H2,(H,24,25);1-3,5-6,9-13H,4,7-8H2,(H,19,21). The predicted molar refractivity (Wildman–Crippen MR) is 200 cm³/mol. The Balaban J connectivity index is 0.000000153. The van der Waals surface area contributed by atoms with Crippen molar-refractivity contribution >= 4 is 27.6 Å². The number of benzene rings is 5. The summed E-state index contributed by atoms with van der Waals surface area (Å²) in [6.07, 6.45) is 8.65. The fraction of sp³-hybridized carbons (Fsp3) is 0.0976. The summed E-state index contributed by atoms with van der Waals surface area (Å²) in [4.78, 5) is 13.4. The van der Waals surface area contributed by atoms with E-state index in [9.17, 15) is 4.79 Å². The zero-order chi connectivity index (χ0) is 35.1. The SMILES string of the molecule is O=C(c1ccccc1)c1c(-c2ccc3[nH]ncc3c2)nnn1Cc1ccccc1.c1ccc(CCCc2cn(-c3ccc4[nH]ncc4c3)nn2)cc1. The number of nitrogens with zero attached hydrogens (tertiary/aromatic N) is 8. The van der Waals surface area contributed by atoms with Gasteiger partial charge in [-0.15, -0.1) is 10.2 Å². The molecular weight excluding hydrogens is 649 g/mol. The van der Waals surface area contributed by atoms with Gasteiger partial charge in [0.15, 0.2) is 0 Å². The molecule has 2 N–H and O–H groups in total. The van der Waals surface area contributed by atoms with Crippen LogP contribution in [-0.2, 0) is 19.4 Å². The first kappa shape index (κ1) is 32.2. The van der Waals surface area contributed by atoms with E-state index in [-0.39, 0.29) is 5.78 Å². The highest BCUT2D eigenvalue weighted by Crippen LogP contribution is 2.27. The quantitative estimate of drug-likeness (QED) is 0.143. The van der Waals surface area contributed by atoms with Gasteiger partial charge < -0.3 is 0 Å². The molecule has 0 aliphatic rings. The van der Waals surface area contributed by atoms with Gasteiger partial charge >= 0.3 is 0 Å². The van der Waals surface area contributed by atoms with E-state index >= 15 is 0 Å². The third-order valence-electron chi connectivity index (χ3n) is 8.85. The van der Waals surface area contributed by atoms with Crippen molar-refractivity contribution in [1.29, 1.82) is 0 Å². The molecule has 9 rings (SSSR count). The molecule has 5 aromatic carbocycles. The van der Waals surface area contributed by atoms with E-state index in [1.807, 2.05) is 114 Å². The summed E-state index contributed by atoms with van der Waals surface area (Å²) < 4.78 is 3.50. The van der Waals surface area contributed by atoms with Crippen molar-refractivity contribution in [3.8, 4) is 16.9 Å².